The maximum atomic E-state index is 4.49. The number of nitrogens with zero attached hydrogens (tertiary/aromatic N) is 2. The zero-order valence-corrected chi connectivity index (χ0v) is 11.1. The summed E-state index contributed by atoms with van der Waals surface area (Å²) in [6.07, 6.45) is 3.16. The number of aryl methyl sites for hydroxylation is 1. The summed E-state index contributed by atoms with van der Waals surface area (Å²) in [5.41, 5.74) is 1.26. The van der Waals surface area contributed by atoms with Gasteiger partial charge in [0.15, 0.2) is 0 Å². The maximum absolute atomic E-state index is 4.49. The van der Waals surface area contributed by atoms with E-state index in [1.165, 1.54) is 12.0 Å². The lowest BCUT2D eigenvalue weighted by atomic mass is 10.1. The molecule has 0 aromatic carbocycles. The molecule has 0 radical (unpaired) electrons. The fourth-order valence-electron chi connectivity index (χ4n) is 2.32. The molecule has 2 nitrogen and oxygen atoms in total. The molecule has 1 aliphatic rings. The van der Waals surface area contributed by atoms with E-state index < -0.39 is 0 Å². The minimum absolute atomic E-state index is 0.602. The quantitative estimate of drug-likeness (QED) is 0.777. The zero-order valence-electron chi connectivity index (χ0n) is 9.50. The number of rotatable bonds is 1. The summed E-state index contributed by atoms with van der Waals surface area (Å²) in [5, 5.41) is 0. The Morgan fingerprint density at radius 1 is 1.47 bits per heavy atom. The van der Waals surface area contributed by atoms with Gasteiger partial charge < -0.3 is 4.90 Å². The van der Waals surface area contributed by atoms with E-state index in [1.54, 1.807) is 0 Å². The molecule has 15 heavy (non-hydrogen) atoms. The predicted octanol–water partition coefficient (Wildman–Crippen LogP) is 3.39. The highest BCUT2D eigenvalue weighted by Gasteiger charge is 2.28. The van der Waals surface area contributed by atoms with Crippen molar-refractivity contribution >= 4 is 21.7 Å². The topological polar surface area (TPSA) is 16.1 Å². The molecule has 0 amide bonds. The van der Waals surface area contributed by atoms with E-state index >= 15 is 0 Å². The molecule has 0 N–H and O–H groups in total. The molecule has 2 rings (SSSR count). The Morgan fingerprint density at radius 3 is 2.80 bits per heavy atom. The van der Waals surface area contributed by atoms with Gasteiger partial charge in [-0.2, -0.15) is 0 Å². The summed E-state index contributed by atoms with van der Waals surface area (Å²) in [7, 11) is 0. The Balaban J connectivity index is 2.33. The van der Waals surface area contributed by atoms with E-state index in [9.17, 15) is 0 Å². The molecule has 3 heteroatoms. The lowest BCUT2D eigenvalue weighted by Gasteiger charge is -2.24. The maximum Gasteiger partial charge on any atom is 0.143 e. The van der Waals surface area contributed by atoms with Gasteiger partial charge in [-0.1, -0.05) is 6.92 Å². The minimum Gasteiger partial charge on any atom is -0.353 e. The van der Waals surface area contributed by atoms with E-state index in [2.05, 4.69) is 46.6 Å². The van der Waals surface area contributed by atoms with Gasteiger partial charge in [-0.25, -0.2) is 4.98 Å². The molecule has 1 aromatic heterocycles. The fraction of sp³-hybridized carbons (Fsp3) is 0.583. The Labute approximate surface area is 99.8 Å². The van der Waals surface area contributed by atoms with Crippen LogP contribution in [0.25, 0.3) is 0 Å². The average Bonchev–Trinajstić information content (AvgIpc) is 2.50. The molecule has 2 unspecified atom stereocenters. The zero-order chi connectivity index (χ0) is 11.0. The van der Waals surface area contributed by atoms with Crippen molar-refractivity contribution in [1.82, 2.24) is 4.98 Å². The second-order valence-corrected chi connectivity index (χ2v) is 5.40. The van der Waals surface area contributed by atoms with Gasteiger partial charge >= 0.3 is 0 Å². The first-order valence-electron chi connectivity index (χ1n) is 5.47. The van der Waals surface area contributed by atoms with Gasteiger partial charge in [0.25, 0.3) is 0 Å². The van der Waals surface area contributed by atoms with Gasteiger partial charge in [-0.3, -0.25) is 0 Å². The number of hydrogen-bond donors (Lipinski definition) is 0. The molecule has 1 fully saturated rings. The number of pyridine rings is 1. The minimum atomic E-state index is 0.602. The number of halogens is 1. The average molecular weight is 269 g/mol. The molecule has 0 spiro atoms. The van der Waals surface area contributed by atoms with Crippen LogP contribution in [0, 0.1) is 12.8 Å². The lowest BCUT2D eigenvalue weighted by Crippen LogP contribution is -2.28. The summed E-state index contributed by atoms with van der Waals surface area (Å²) < 4.78 is 1.14. The number of anilines is 1. The van der Waals surface area contributed by atoms with E-state index in [-0.39, 0.29) is 0 Å². The largest absolute Gasteiger partial charge is 0.353 e. The Kier molecular flexibility index (Phi) is 3.01. The summed E-state index contributed by atoms with van der Waals surface area (Å²) in [6, 6.07) is 2.64. The second kappa shape index (κ2) is 4.12. The van der Waals surface area contributed by atoms with Crippen molar-refractivity contribution in [3.63, 3.8) is 0 Å². The van der Waals surface area contributed by atoms with Gasteiger partial charge in [-0.15, -0.1) is 0 Å². The Hall–Kier alpha value is -0.570. The standard InChI is InChI=1S/C12H17BrN2/c1-8-6-10(3)15(7-8)12-11(13)9(2)4-5-14-12/h4-5,8,10H,6-7H2,1-3H3. The van der Waals surface area contributed by atoms with Crippen LogP contribution in [0.2, 0.25) is 0 Å². The van der Waals surface area contributed by atoms with Gasteiger partial charge in [0.05, 0.1) is 4.47 Å². The van der Waals surface area contributed by atoms with Gasteiger partial charge in [0.2, 0.25) is 0 Å². The molecule has 1 aromatic rings. The lowest BCUT2D eigenvalue weighted by molar-refractivity contribution is 0.625. The molecule has 0 bridgehead atoms. The SMILES string of the molecule is Cc1ccnc(N2CC(C)CC2C)c1Br. The molecule has 0 saturated carbocycles. The highest BCUT2D eigenvalue weighted by molar-refractivity contribution is 9.10. The normalized spacial score (nSPS) is 26.0. The van der Waals surface area contributed by atoms with Crippen molar-refractivity contribution in [1.29, 1.82) is 0 Å². The van der Waals surface area contributed by atoms with E-state index in [0.717, 1.165) is 22.8 Å². The van der Waals surface area contributed by atoms with E-state index in [0.29, 0.717) is 6.04 Å². The van der Waals surface area contributed by atoms with Gasteiger partial charge in [0.1, 0.15) is 5.82 Å². The van der Waals surface area contributed by atoms with Gasteiger partial charge in [-0.05, 0) is 53.7 Å². The van der Waals surface area contributed by atoms with Crippen molar-refractivity contribution in [2.45, 2.75) is 33.2 Å². The van der Waals surface area contributed by atoms with Crippen LogP contribution >= 0.6 is 15.9 Å². The second-order valence-electron chi connectivity index (χ2n) is 4.61. The fourth-order valence-corrected chi connectivity index (χ4v) is 2.78. The first-order valence-corrected chi connectivity index (χ1v) is 6.26. The summed E-state index contributed by atoms with van der Waals surface area (Å²) in [5.74, 6) is 1.88. The predicted molar refractivity (Wildman–Crippen MR) is 67.3 cm³/mol. The van der Waals surface area contributed by atoms with Crippen LogP contribution in [0.4, 0.5) is 5.82 Å². The molecular weight excluding hydrogens is 252 g/mol. The molecule has 82 valence electrons. The van der Waals surface area contributed by atoms with Crippen LogP contribution in [0.1, 0.15) is 25.8 Å². The van der Waals surface area contributed by atoms with Gasteiger partial charge in [0, 0.05) is 18.8 Å². The van der Waals surface area contributed by atoms with Crippen LogP contribution in [0.3, 0.4) is 0 Å². The molecule has 1 saturated heterocycles. The highest BCUT2D eigenvalue weighted by Crippen LogP contribution is 2.33. The molecule has 2 atom stereocenters. The summed E-state index contributed by atoms with van der Waals surface area (Å²) >= 11 is 3.63. The molecule has 2 heterocycles. The smallest absolute Gasteiger partial charge is 0.143 e. The van der Waals surface area contributed by atoms with E-state index in [1.807, 2.05) is 12.3 Å². The highest BCUT2D eigenvalue weighted by atomic mass is 79.9. The van der Waals surface area contributed by atoms with Crippen molar-refractivity contribution in [2.24, 2.45) is 5.92 Å². The van der Waals surface area contributed by atoms with Crippen molar-refractivity contribution < 1.29 is 0 Å². The first kappa shape index (κ1) is 10.9. The third-order valence-corrected chi connectivity index (χ3v) is 4.10. The number of aromatic nitrogens is 1. The monoisotopic (exact) mass is 268 g/mol. The first-order chi connectivity index (χ1) is 7.09. The van der Waals surface area contributed by atoms with Crippen LogP contribution in [-0.2, 0) is 0 Å². The van der Waals surface area contributed by atoms with Crippen LogP contribution in [0.15, 0.2) is 16.7 Å². The van der Waals surface area contributed by atoms with Crippen molar-refractivity contribution in [3.05, 3.63) is 22.3 Å². The summed E-state index contributed by atoms with van der Waals surface area (Å²) in [6.45, 7) is 7.82. The molecule has 1 aliphatic heterocycles. The molecule has 0 aliphatic carbocycles. The third kappa shape index (κ3) is 2.03. The number of hydrogen-bond acceptors (Lipinski definition) is 2. The van der Waals surface area contributed by atoms with Crippen LogP contribution < -0.4 is 4.90 Å². The van der Waals surface area contributed by atoms with Crippen molar-refractivity contribution in [2.75, 3.05) is 11.4 Å². The van der Waals surface area contributed by atoms with Crippen LogP contribution in [0.5, 0.6) is 0 Å². The Bertz CT molecular complexity index is 365. The molecular formula is C12H17BrN2. The van der Waals surface area contributed by atoms with Crippen molar-refractivity contribution in [3.8, 4) is 0 Å². The Morgan fingerprint density at radius 2 is 2.20 bits per heavy atom. The summed E-state index contributed by atoms with van der Waals surface area (Å²) in [4.78, 5) is 6.89. The van der Waals surface area contributed by atoms with Crippen LogP contribution in [-0.4, -0.2) is 17.6 Å². The van der Waals surface area contributed by atoms with E-state index in [4.69, 9.17) is 0 Å². The third-order valence-electron chi connectivity index (χ3n) is 3.12.